The molecule has 2 aromatic rings. The van der Waals surface area contributed by atoms with E-state index in [1.54, 1.807) is 22.0 Å². The number of guanidine groups is 1. The summed E-state index contributed by atoms with van der Waals surface area (Å²) in [6.45, 7) is 3.70. The number of rotatable bonds is 6. The third-order valence-electron chi connectivity index (χ3n) is 5.48. The Morgan fingerprint density at radius 3 is 2.94 bits per heavy atom. The fraction of sp³-hybridized carbons (Fsp3) is 0.571. The van der Waals surface area contributed by atoms with E-state index in [4.69, 9.17) is 14.1 Å². The summed E-state index contributed by atoms with van der Waals surface area (Å²) in [5.41, 5.74) is 0.835. The highest BCUT2D eigenvalue weighted by atomic mass is 127. The van der Waals surface area contributed by atoms with Gasteiger partial charge in [0.05, 0.1) is 30.8 Å². The van der Waals surface area contributed by atoms with Gasteiger partial charge in [-0.25, -0.2) is 0 Å². The summed E-state index contributed by atoms with van der Waals surface area (Å²) in [6.07, 6.45) is 9.54. The van der Waals surface area contributed by atoms with E-state index in [9.17, 15) is 4.79 Å². The fourth-order valence-corrected chi connectivity index (χ4v) is 3.83. The molecule has 1 N–H and O–H groups in total. The van der Waals surface area contributed by atoms with E-state index in [0.717, 1.165) is 43.3 Å². The van der Waals surface area contributed by atoms with Gasteiger partial charge in [-0.2, -0.15) is 5.10 Å². The number of aryl methyl sites for hydroxylation is 1. The molecule has 2 aromatic heterocycles. The van der Waals surface area contributed by atoms with Crippen molar-refractivity contribution in [2.24, 2.45) is 12.0 Å². The van der Waals surface area contributed by atoms with Gasteiger partial charge in [0.15, 0.2) is 5.96 Å². The predicted molar refractivity (Wildman–Crippen MR) is 129 cm³/mol. The fourth-order valence-electron chi connectivity index (χ4n) is 3.83. The Labute approximate surface area is 199 Å². The van der Waals surface area contributed by atoms with Crippen LogP contribution in [0.3, 0.4) is 0 Å². The van der Waals surface area contributed by atoms with Crippen molar-refractivity contribution in [3.63, 3.8) is 0 Å². The maximum absolute atomic E-state index is 12.8. The van der Waals surface area contributed by atoms with Crippen LogP contribution in [-0.4, -0.2) is 72.0 Å². The first kappa shape index (κ1) is 23.6. The first-order valence-corrected chi connectivity index (χ1v) is 10.7. The summed E-state index contributed by atoms with van der Waals surface area (Å²) in [5.74, 6) is 1.73. The number of nitrogens with zero attached hydrogens (tertiary/aromatic N) is 5. The lowest BCUT2D eigenvalue weighted by Crippen LogP contribution is -2.55. The monoisotopic (exact) mass is 542 g/mol. The Hall–Kier alpha value is -2.08. The molecule has 170 valence electrons. The summed E-state index contributed by atoms with van der Waals surface area (Å²) in [4.78, 5) is 21.4. The van der Waals surface area contributed by atoms with Crippen molar-refractivity contribution >= 4 is 41.5 Å². The molecule has 4 heterocycles. The number of furan rings is 1. The first-order chi connectivity index (χ1) is 14.7. The van der Waals surface area contributed by atoms with Crippen molar-refractivity contribution in [1.29, 1.82) is 0 Å². The molecule has 10 heteroatoms. The number of amides is 1. The summed E-state index contributed by atoms with van der Waals surface area (Å²) >= 11 is 0. The number of carbonyl (C=O) groups excluding carboxylic acids is 1. The van der Waals surface area contributed by atoms with Gasteiger partial charge >= 0.3 is 0 Å². The molecule has 0 aromatic carbocycles. The van der Waals surface area contributed by atoms with Crippen molar-refractivity contribution in [2.75, 3.05) is 44.2 Å². The van der Waals surface area contributed by atoms with Gasteiger partial charge < -0.3 is 24.3 Å². The SMILES string of the molecule is Cn1cc(N2CCN(C(=NCC3CCCCO3)NCCc3ccco3)CC2=O)cn1.I. The summed E-state index contributed by atoms with van der Waals surface area (Å²) in [6, 6.07) is 3.85. The number of aromatic nitrogens is 2. The van der Waals surface area contributed by atoms with Gasteiger partial charge in [0.1, 0.15) is 12.3 Å². The zero-order valence-corrected chi connectivity index (χ0v) is 20.2. The molecular formula is C21H31IN6O3. The molecule has 0 bridgehead atoms. The van der Waals surface area contributed by atoms with Gasteiger partial charge in [-0.3, -0.25) is 14.5 Å². The summed E-state index contributed by atoms with van der Waals surface area (Å²) < 4.78 is 13.0. The number of hydrogen-bond donors (Lipinski definition) is 1. The second kappa shape index (κ2) is 11.5. The number of carbonyl (C=O) groups is 1. The van der Waals surface area contributed by atoms with Gasteiger partial charge in [0.2, 0.25) is 5.91 Å². The molecule has 2 fully saturated rings. The van der Waals surface area contributed by atoms with Crippen molar-refractivity contribution in [2.45, 2.75) is 31.8 Å². The minimum absolute atomic E-state index is 0. The molecule has 2 saturated heterocycles. The van der Waals surface area contributed by atoms with Crippen molar-refractivity contribution in [1.82, 2.24) is 20.0 Å². The van der Waals surface area contributed by atoms with E-state index >= 15 is 0 Å². The Bertz CT molecular complexity index is 847. The van der Waals surface area contributed by atoms with Crippen LogP contribution in [0.5, 0.6) is 0 Å². The third-order valence-corrected chi connectivity index (χ3v) is 5.48. The largest absolute Gasteiger partial charge is 0.469 e. The second-order valence-corrected chi connectivity index (χ2v) is 7.75. The number of aliphatic imine (C=N–C) groups is 1. The minimum Gasteiger partial charge on any atom is -0.469 e. The molecule has 0 radical (unpaired) electrons. The second-order valence-electron chi connectivity index (χ2n) is 7.75. The Kier molecular flexibility index (Phi) is 8.76. The van der Waals surface area contributed by atoms with E-state index in [-0.39, 0.29) is 42.5 Å². The van der Waals surface area contributed by atoms with Gasteiger partial charge in [-0.1, -0.05) is 0 Å². The summed E-state index contributed by atoms with van der Waals surface area (Å²) in [7, 11) is 1.85. The Balaban J connectivity index is 0.00000272. The Morgan fingerprint density at radius 1 is 1.35 bits per heavy atom. The van der Waals surface area contributed by atoms with Crippen LogP contribution in [0.25, 0.3) is 0 Å². The van der Waals surface area contributed by atoms with Crippen LogP contribution < -0.4 is 10.2 Å². The standard InChI is InChI=1S/C21H30N6O3.HI/c1-25-15-17(13-24-25)27-10-9-26(16-20(27)28)21(22-8-7-18-6-4-12-29-18)23-14-19-5-2-3-11-30-19;/h4,6,12-13,15,19H,2-3,5,7-11,14,16H2,1H3,(H,22,23);1H. The number of anilines is 1. The van der Waals surface area contributed by atoms with Crippen LogP contribution in [0.1, 0.15) is 25.0 Å². The maximum Gasteiger partial charge on any atom is 0.246 e. The average molecular weight is 542 g/mol. The van der Waals surface area contributed by atoms with Crippen LogP contribution in [-0.2, 0) is 23.0 Å². The molecule has 2 aliphatic rings. The van der Waals surface area contributed by atoms with Crippen LogP contribution >= 0.6 is 24.0 Å². The lowest BCUT2D eigenvalue weighted by molar-refractivity contribution is -0.120. The lowest BCUT2D eigenvalue weighted by atomic mass is 10.1. The molecule has 31 heavy (non-hydrogen) atoms. The zero-order valence-electron chi connectivity index (χ0n) is 17.9. The number of ether oxygens (including phenoxy) is 1. The number of hydrogen-bond acceptors (Lipinski definition) is 5. The summed E-state index contributed by atoms with van der Waals surface area (Å²) in [5, 5.41) is 7.60. The molecule has 1 atom stereocenters. The van der Waals surface area contributed by atoms with Crippen LogP contribution in [0.4, 0.5) is 5.69 Å². The molecule has 4 rings (SSSR count). The molecule has 2 aliphatic heterocycles. The smallest absolute Gasteiger partial charge is 0.246 e. The van der Waals surface area contributed by atoms with Gasteiger partial charge in [0, 0.05) is 45.9 Å². The highest BCUT2D eigenvalue weighted by Crippen LogP contribution is 2.17. The van der Waals surface area contributed by atoms with Gasteiger partial charge in [-0.05, 0) is 31.4 Å². The number of piperazine rings is 1. The Morgan fingerprint density at radius 2 is 2.26 bits per heavy atom. The van der Waals surface area contributed by atoms with Gasteiger partial charge in [0.25, 0.3) is 0 Å². The average Bonchev–Trinajstić information content (AvgIpc) is 3.43. The minimum atomic E-state index is 0. The lowest BCUT2D eigenvalue weighted by Gasteiger charge is -2.35. The van der Waals surface area contributed by atoms with Crippen molar-refractivity contribution < 1.29 is 13.9 Å². The van der Waals surface area contributed by atoms with E-state index in [2.05, 4.69) is 10.4 Å². The van der Waals surface area contributed by atoms with E-state index < -0.39 is 0 Å². The van der Waals surface area contributed by atoms with Crippen molar-refractivity contribution in [3.05, 3.63) is 36.5 Å². The van der Waals surface area contributed by atoms with Gasteiger partial charge in [-0.15, -0.1) is 24.0 Å². The normalized spacial score (nSPS) is 20.0. The topological polar surface area (TPSA) is 88.1 Å². The van der Waals surface area contributed by atoms with Crippen LogP contribution in [0.15, 0.2) is 40.2 Å². The third kappa shape index (κ3) is 6.45. The maximum atomic E-state index is 12.8. The molecule has 1 unspecified atom stereocenters. The number of nitrogens with one attached hydrogen (secondary N) is 1. The molecule has 0 aliphatic carbocycles. The highest BCUT2D eigenvalue weighted by molar-refractivity contribution is 14.0. The number of halogens is 1. The van der Waals surface area contributed by atoms with Crippen LogP contribution in [0, 0.1) is 0 Å². The molecule has 1 amide bonds. The van der Waals surface area contributed by atoms with E-state index in [1.165, 1.54) is 6.42 Å². The van der Waals surface area contributed by atoms with Crippen molar-refractivity contribution in [3.8, 4) is 0 Å². The molecule has 0 saturated carbocycles. The van der Waals surface area contributed by atoms with Crippen LogP contribution in [0.2, 0.25) is 0 Å². The zero-order chi connectivity index (χ0) is 20.8. The molecule has 0 spiro atoms. The highest BCUT2D eigenvalue weighted by Gasteiger charge is 2.28. The van der Waals surface area contributed by atoms with E-state index in [1.807, 2.05) is 30.3 Å². The quantitative estimate of drug-likeness (QED) is 0.342. The predicted octanol–water partition coefficient (Wildman–Crippen LogP) is 2.04. The molecule has 9 nitrogen and oxygen atoms in total. The van der Waals surface area contributed by atoms with E-state index in [0.29, 0.717) is 26.2 Å². The molecular weight excluding hydrogens is 511 g/mol. The first-order valence-electron chi connectivity index (χ1n) is 10.7.